The predicted octanol–water partition coefficient (Wildman–Crippen LogP) is 4.92. The molecule has 1 fully saturated rings. The second-order valence-electron chi connectivity index (χ2n) is 5.54. The van der Waals surface area contributed by atoms with Crippen LogP contribution in [0.1, 0.15) is 37.8 Å². The van der Waals surface area contributed by atoms with Crippen molar-refractivity contribution >= 4 is 40.1 Å². The fraction of sp³-hybridized carbons (Fsp3) is 0.533. The molecule has 1 aliphatic carbocycles. The Labute approximate surface area is 134 Å². The van der Waals surface area contributed by atoms with Crippen LogP contribution in [0.5, 0.6) is 0 Å². The zero-order valence-corrected chi connectivity index (χ0v) is 13.7. The van der Waals surface area contributed by atoms with E-state index >= 15 is 0 Å². The minimum atomic E-state index is 0.143. The molecule has 2 nitrogen and oxygen atoms in total. The number of thioether (sulfide) groups is 1. The third kappa shape index (κ3) is 3.10. The molecule has 3 unspecified atom stereocenters. The summed E-state index contributed by atoms with van der Waals surface area (Å²) >= 11 is 14.0. The average molecular weight is 329 g/mol. The smallest absolute Gasteiger partial charge is 0.157 e. The number of nitrogens with one attached hydrogen (secondary N) is 1. The molecule has 0 saturated heterocycles. The molecule has 0 spiro atoms. The highest BCUT2D eigenvalue weighted by atomic mass is 35.5. The number of nitrogens with zero attached hydrogens (tertiary/aromatic N) is 1. The SMILES string of the molecule is CC(NC1=NC2CCCC2CS1)c1ccc(Cl)cc1Cl. The molecule has 2 aliphatic rings. The highest BCUT2D eigenvalue weighted by Gasteiger charge is 2.31. The van der Waals surface area contributed by atoms with Gasteiger partial charge in [-0.25, -0.2) is 0 Å². The summed E-state index contributed by atoms with van der Waals surface area (Å²) in [5.41, 5.74) is 1.06. The van der Waals surface area contributed by atoms with Gasteiger partial charge in [-0.3, -0.25) is 4.99 Å². The van der Waals surface area contributed by atoms with Gasteiger partial charge in [-0.05, 0) is 43.4 Å². The first-order valence-electron chi connectivity index (χ1n) is 7.05. The maximum Gasteiger partial charge on any atom is 0.157 e. The van der Waals surface area contributed by atoms with Crippen molar-refractivity contribution in [2.45, 2.75) is 38.3 Å². The molecular weight excluding hydrogens is 311 g/mol. The van der Waals surface area contributed by atoms with Crippen LogP contribution in [0.15, 0.2) is 23.2 Å². The minimum Gasteiger partial charge on any atom is -0.358 e. The molecule has 3 atom stereocenters. The van der Waals surface area contributed by atoms with Gasteiger partial charge < -0.3 is 5.32 Å². The summed E-state index contributed by atoms with van der Waals surface area (Å²) in [5, 5.41) is 5.93. The van der Waals surface area contributed by atoms with Crippen molar-refractivity contribution in [3.05, 3.63) is 33.8 Å². The maximum atomic E-state index is 6.26. The summed E-state index contributed by atoms with van der Waals surface area (Å²) in [6, 6.07) is 6.33. The predicted molar refractivity (Wildman–Crippen MR) is 89.0 cm³/mol. The minimum absolute atomic E-state index is 0.143. The van der Waals surface area contributed by atoms with Gasteiger partial charge in [0.15, 0.2) is 5.17 Å². The van der Waals surface area contributed by atoms with Crippen molar-refractivity contribution in [3.8, 4) is 0 Å². The fourth-order valence-electron chi connectivity index (χ4n) is 2.95. The van der Waals surface area contributed by atoms with Crippen LogP contribution in [0.25, 0.3) is 0 Å². The Hall–Kier alpha value is -0.380. The van der Waals surface area contributed by atoms with Crippen LogP contribution in [0.2, 0.25) is 10.0 Å². The summed E-state index contributed by atoms with van der Waals surface area (Å²) in [4.78, 5) is 4.86. The number of aliphatic imine (C=N–C) groups is 1. The van der Waals surface area contributed by atoms with Crippen LogP contribution in [-0.4, -0.2) is 17.0 Å². The summed E-state index contributed by atoms with van der Waals surface area (Å²) in [7, 11) is 0. The fourth-order valence-corrected chi connectivity index (χ4v) is 4.75. The third-order valence-electron chi connectivity index (χ3n) is 4.11. The summed E-state index contributed by atoms with van der Waals surface area (Å²) in [6.45, 7) is 2.11. The first-order chi connectivity index (χ1) is 9.63. The Balaban J connectivity index is 1.71. The summed E-state index contributed by atoms with van der Waals surface area (Å²) in [6.07, 6.45) is 3.91. The topological polar surface area (TPSA) is 24.4 Å². The number of rotatable bonds is 2. The summed E-state index contributed by atoms with van der Waals surface area (Å²) < 4.78 is 0. The van der Waals surface area contributed by atoms with E-state index in [1.165, 1.54) is 25.0 Å². The quantitative estimate of drug-likeness (QED) is 0.833. The molecule has 0 aromatic heterocycles. The van der Waals surface area contributed by atoms with Crippen molar-refractivity contribution in [2.75, 3.05) is 5.75 Å². The molecule has 1 N–H and O–H groups in total. The molecule has 0 amide bonds. The number of hydrogen-bond acceptors (Lipinski definition) is 3. The molecule has 3 rings (SSSR count). The molecule has 1 saturated carbocycles. The van der Waals surface area contributed by atoms with E-state index in [4.69, 9.17) is 28.2 Å². The molecule has 1 aromatic rings. The normalized spacial score (nSPS) is 26.9. The van der Waals surface area contributed by atoms with Gasteiger partial charge in [0.1, 0.15) is 0 Å². The Morgan fingerprint density at radius 2 is 2.20 bits per heavy atom. The lowest BCUT2D eigenvalue weighted by Crippen LogP contribution is -2.31. The first-order valence-corrected chi connectivity index (χ1v) is 8.79. The van der Waals surface area contributed by atoms with Crippen LogP contribution in [-0.2, 0) is 0 Å². The average Bonchev–Trinajstić information content (AvgIpc) is 2.85. The number of halogens is 2. The van der Waals surface area contributed by atoms with E-state index in [1.807, 2.05) is 23.9 Å². The lowest BCUT2D eigenvalue weighted by molar-refractivity contribution is 0.531. The molecule has 1 aliphatic heterocycles. The standard InChI is InChI=1S/C15H18Cl2N2S/c1-9(12-6-5-11(16)7-13(12)17)18-15-19-14-4-2-3-10(14)8-20-15/h5-7,9-10,14H,2-4,8H2,1H3,(H,18,19). The molecule has 108 valence electrons. The highest BCUT2D eigenvalue weighted by Crippen LogP contribution is 2.35. The van der Waals surface area contributed by atoms with E-state index in [0.717, 1.165) is 16.6 Å². The number of amidine groups is 1. The molecular formula is C15H18Cl2N2S. The largest absolute Gasteiger partial charge is 0.358 e. The number of hydrogen-bond donors (Lipinski definition) is 1. The number of fused-ring (bicyclic) bond motifs is 1. The van der Waals surface area contributed by atoms with Crippen LogP contribution < -0.4 is 5.32 Å². The van der Waals surface area contributed by atoms with Gasteiger partial charge in [-0.2, -0.15) is 0 Å². The lowest BCUT2D eigenvalue weighted by Gasteiger charge is -2.26. The Bertz CT molecular complexity index is 533. The maximum absolute atomic E-state index is 6.26. The molecule has 0 bridgehead atoms. The zero-order chi connectivity index (χ0) is 14.1. The second kappa shape index (κ2) is 6.17. The van der Waals surface area contributed by atoms with Gasteiger partial charge in [0.2, 0.25) is 0 Å². The second-order valence-corrected chi connectivity index (χ2v) is 7.39. The van der Waals surface area contributed by atoms with Crippen LogP contribution in [0.4, 0.5) is 0 Å². The van der Waals surface area contributed by atoms with Crippen molar-refractivity contribution in [1.29, 1.82) is 0 Å². The van der Waals surface area contributed by atoms with E-state index < -0.39 is 0 Å². The van der Waals surface area contributed by atoms with E-state index in [1.54, 1.807) is 6.07 Å². The van der Waals surface area contributed by atoms with Gasteiger partial charge in [-0.15, -0.1) is 0 Å². The first kappa shape index (κ1) is 14.6. The summed E-state index contributed by atoms with van der Waals surface area (Å²) in [5.74, 6) is 1.98. The van der Waals surface area contributed by atoms with Crippen molar-refractivity contribution in [3.63, 3.8) is 0 Å². The van der Waals surface area contributed by atoms with Gasteiger partial charge in [0.05, 0.1) is 12.1 Å². The van der Waals surface area contributed by atoms with Crippen molar-refractivity contribution in [1.82, 2.24) is 5.32 Å². The molecule has 0 radical (unpaired) electrons. The van der Waals surface area contributed by atoms with Gasteiger partial charge in [0.25, 0.3) is 0 Å². The molecule has 1 aromatic carbocycles. The highest BCUT2D eigenvalue weighted by molar-refractivity contribution is 8.13. The van der Waals surface area contributed by atoms with Crippen molar-refractivity contribution in [2.24, 2.45) is 10.9 Å². The Kier molecular flexibility index (Phi) is 4.49. The van der Waals surface area contributed by atoms with Gasteiger partial charge >= 0.3 is 0 Å². The van der Waals surface area contributed by atoms with Crippen LogP contribution >= 0.6 is 35.0 Å². The Morgan fingerprint density at radius 1 is 1.35 bits per heavy atom. The molecule has 1 heterocycles. The van der Waals surface area contributed by atoms with E-state index in [0.29, 0.717) is 16.1 Å². The van der Waals surface area contributed by atoms with E-state index in [-0.39, 0.29) is 6.04 Å². The monoisotopic (exact) mass is 328 g/mol. The van der Waals surface area contributed by atoms with E-state index in [9.17, 15) is 0 Å². The third-order valence-corrected chi connectivity index (χ3v) is 5.76. The number of benzene rings is 1. The molecule has 20 heavy (non-hydrogen) atoms. The lowest BCUT2D eigenvalue weighted by atomic mass is 10.1. The van der Waals surface area contributed by atoms with Crippen LogP contribution in [0, 0.1) is 5.92 Å². The Morgan fingerprint density at radius 3 is 3.00 bits per heavy atom. The van der Waals surface area contributed by atoms with E-state index in [2.05, 4.69) is 12.2 Å². The van der Waals surface area contributed by atoms with Crippen molar-refractivity contribution < 1.29 is 0 Å². The van der Waals surface area contributed by atoms with Gasteiger partial charge in [-0.1, -0.05) is 47.5 Å². The van der Waals surface area contributed by atoms with Gasteiger partial charge in [0, 0.05) is 15.8 Å². The zero-order valence-electron chi connectivity index (χ0n) is 11.4. The van der Waals surface area contributed by atoms with Crippen LogP contribution in [0.3, 0.4) is 0 Å². The molecule has 5 heteroatoms.